The van der Waals surface area contributed by atoms with Gasteiger partial charge in [0.15, 0.2) is 5.13 Å². The van der Waals surface area contributed by atoms with Crippen molar-refractivity contribution in [2.24, 2.45) is 0 Å². The lowest BCUT2D eigenvalue weighted by molar-refractivity contribution is -0.904. The van der Waals surface area contributed by atoms with E-state index in [0.717, 1.165) is 53.6 Å². The van der Waals surface area contributed by atoms with Crippen LogP contribution in [0.25, 0.3) is 10.2 Å². The van der Waals surface area contributed by atoms with E-state index >= 15 is 0 Å². The van der Waals surface area contributed by atoms with E-state index in [-0.39, 0.29) is 24.0 Å². The second kappa shape index (κ2) is 7.14. The molecular formula is C16H22IN3OS. The number of piperazine rings is 1. The highest BCUT2D eigenvalue weighted by Crippen LogP contribution is 2.32. The fourth-order valence-corrected chi connectivity index (χ4v) is 3.83. The predicted molar refractivity (Wildman–Crippen MR) is 89.4 cm³/mol. The number of fused-ring (bicyclic) bond motifs is 1. The molecule has 1 saturated heterocycles. The number of halogens is 1. The summed E-state index contributed by atoms with van der Waals surface area (Å²) in [4.78, 5) is 7.17. The van der Waals surface area contributed by atoms with Crippen molar-refractivity contribution in [3.63, 3.8) is 0 Å². The zero-order chi connectivity index (χ0) is 14.9. The third-order valence-electron chi connectivity index (χ3n) is 4.24. The topological polar surface area (TPSA) is 25.4 Å². The summed E-state index contributed by atoms with van der Waals surface area (Å²) in [5.41, 5.74) is 1.06. The molecule has 3 rings (SSSR count). The van der Waals surface area contributed by atoms with Crippen molar-refractivity contribution >= 4 is 26.7 Å². The van der Waals surface area contributed by atoms with E-state index in [0.29, 0.717) is 0 Å². The summed E-state index contributed by atoms with van der Waals surface area (Å²) in [6, 6.07) is 6.08. The van der Waals surface area contributed by atoms with Crippen molar-refractivity contribution < 1.29 is 33.2 Å². The molecule has 4 nitrogen and oxygen atoms in total. The SMILES string of the molecule is C=CC[N+]1(C)CCN(c2nc3ccc(OC)cc3s2)CC1.[I-]. The molecule has 0 saturated carbocycles. The molecule has 0 unspecified atom stereocenters. The number of hydrogen-bond donors (Lipinski definition) is 0. The summed E-state index contributed by atoms with van der Waals surface area (Å²) >= 11 is 1.75. The molecule has 0 amide bonds. The van der Waals surface area contributed by atoms with Crippen molar-refractivity contribution in [3.8, 4) is 5.75 Å². The molecule has 1 aromatic heterocycles. The van der Waals surface area contributed by atoms with Crippen molar-refractivity contribution in [2.75, 3.05) is 51.8 Å². The number of nitrogens with zero attached hydrogens (tertiary/aromatic N) is 3. The van der Waals surface area contributed by atoms with E-state index in [4.69, 9.17) is 9.72 Å². The molecule has 6 heteroatoms. The molecule has 22 heavy (non-hydrogen) atoms. The van der Waals surface area contributed by atoms with Gasteiger partial charge in [-0.1, -0.05) is 17.9 Å². The van der Waals surface area contributed by atoms with Gasteiger partial charge in [0.2, 0.25) is 0 Å². The van der Waals surface area contributed by atoms with Crippen LogP contribution in [0.4, 0.5) is 5.13 Å². The van der Waals surface area contributed by atoms with E-state index in [1.165, 1.54) is 4.70 Å². The zero-order valence-electron chi connectivity index (χ0n) is 13.1. The van der Waals surface area contributed by atoms with Gasteiger partial charge < -0.3 is 38.1 Å². The van der Waals surface area contributed by atoms with Crippen molar-refractivity contribution in [1.82, 2.24) is 4.98 Å². The van der Waals surface area contributed by atoms with Crippen LogP contribution in [-0.2, 0) is 0 Å². The summed E-state index contributed by atoms with van der Waals surface area (Å²) in [7, 11) is 4.01. The maximum atomic E-state index is 5.28. The summed E-state index contributed by atoms with van der Waals surface area (Å²) in [6.07, 6.45) is 2.03. The van der Waals surface area contributed by atoms with Gasteiger partial charge in [0.05, 0.1) is 57.1 Å². The maximum Gasteiger partial charge on any atom is 0.186 e. The number of benzene rings is 1. The first kappa shape index (κ1) is 17.5. The first-order chi connectivity index (χ1) is 10.1. The normalized spacial score (nSPS) is 17.1. The lowest BCUT2D eigenvalue weighted by Gasteiger charge is -2.41. The van der Waals surface area contributed by atoms with Gasteiger partial charge in [-0.3, -0.25) is 0 Å². The molecule has 1 aromatic carbocycles. The number of anilines is 1. The van der Waals surface area contributed by atoms with Gasteiger partial charge in [0.1, 0.15) is 5.75 Å². The third-order valence-corrected chi connectivity index (χ3v) is 5.32. The van der Waals surface area contributed by atoms with Crippen LogP contribution in [0, 0.1) is 0 Å². The largest absolute Gasteiger partial charge is 1.00 e. The Balaban J connectivity index is 0.00000176. The molecule has 1 fully saturated rings. The lowest BCUT2D eigenvalue weighted by atomic mass is 10.2. The van der Waals surface area contributed by atoms with Crippen LogP contribution in [0.1, 0.15) is 0 Å². The van der Waals surface area contributed by atoms with Crippen LogP contribution in [0.5, 0.6) is 5.75 Å². The van der Waals surface area contributed by atoms with Gasteiger partial charge in [-0.25, -0.2) is 4.98 Å². The number of hydrogen-bond acceptors (Lipinski definition) is 4. The maximum absolute atomic E-state index is 5.28. The molecule has 0 bridgehead atoms. The van der Waals surface area contributed by atoms with Gasteiger partial charge >= 0.3 is 0 Å². The number of aromatic nitrogens is 1. The Kier molecular flexibility index (Phi) is 5.68. The highest BCUT2D eigenvalue weighted by atomic mass is 127. The molecule has 0 spiro atoms. The predicted octanol–water partition coefficient (Wildman–Crippen LogP) is -0.238. The summed E-state index contributed by atoms with van der Waals surface area (Å²) in [6.45, 7) is 9.32. The van der Waals surface area contributed by atoms with Crippen molar-refractivity contribution in [3.05, 3.63) is 30.9 Å². The van der Waals surface area contributed by atoms with E-state index in [1.807, 2.05) is 18.2 Å². The first-order valence-electron chi connectivity index (χ1n) is 7.27. The van der Waals surface area contributed by atoms with Gasteiger partial charge in [-0.15, -0.1) is 0 Å². The Labute approximate surface area is 153 Å². The molecule has 2 aromatic rings. The van der Waals surface area contributed by atoms with Gasteiger partial charge in [-0.2, -0.15) is 0 Å². The Morgan fingerprint density at radius 1 is 1.41 bits per heavy atom. The minimum Gasteiger partial charge on any atom is -1.00 e. The molecule has 0 atom stereocenters. The second-order valence-corrected chi connectivity index (χ2v) is 6.86. The van der Waals surface area contributed by atoms with Crippen LogP contribution in [0.2, 0.25) is 0 Å². The average molecular weight is 431 g/mol. The monoisotopic (exact) mass is 431 g/mol. The standard InChI is InChI=1S/C16H22N3OS.HI/c1-4-9-19(2)10-7-18(8-11-19)16-17-14-6-5-13(20-3)12-15(14)21-16;/h4-6,12H,1,7-11H2,2-3H3;1H/q+1;/p-1. The molecule has 0 radical (unpaired) electrons. The van der Waals surface area contributed by atoms with Crippen molar-refractivity contribution in [1.29, 1.82) is 0 Å². The molecule has 1 aliphatic rings. The quantitative estimate of drug-likeness (QED) is 0.380. The zero-order valence-corrected chi connectivity index (χ0v) is 16.1. The first-order valence-corrected chi connectivity index (χ1v) is 8.09. The summed E-state index contributed by atoms with van der Waals surface area (Å²) < 4.78 is 7.56. The van der Waals surface area contributed by atoms with Crippen molar-refractivity contribution in [2.45, 2.75) is 0 Å². The minimum atomic E-state index is 0. The van der Waals surface area contributed by atoms with Crippen LogP contribution in [0.15, 0.2) is 30.9 Å². The molecular weight excluding hydrogens is 409 g/mol. The number of ether oxygens (including phenoxy) is 1. The van der Waals surface area contributed by atoms with E-state index in [2.05, 4.69) is 24.6 Å². The molecule has 120 valence electrons. The number of quaternary nitrogens is 1. The van der Waals surface area contributed by atoms with E-state index in [1.54, 1.807) is 18.4 Å². The van der Waals surface area contributed by atoms with Gasteiger partial charge in [-0.05, 0) is 24.3 Å². The Morgan fingerprint density at radius 2 is 2.14 bits per heavy atom. The summed E-state index contributed by atoms with van der Waals surface area (Å²) in [5.74, 6) is 0.895. The van der Waals surface area contributed by atoms with Crippen LogP contribution >= 0.6 is 11.3 Å². The molecule has 0 N–H and O–H groups in total. The fourth-order valence-electron chi connectivity index (χ4n) is 2.79. The minimum absolute atomic E-state index is 0. The van der Waals surface area contributed by atoms with Gasteiger partial charge in [0.25, 0.3) is 0 Å². The summed E-state index contributed by atoms with van der Waals surface area (Å²) in [5, 5.41) is 1.13. The molecule has 1 aliphatic heterocycles. The lowest BCUT2D eigenvalue weighted by Crippen LogP contribution is -3.00. The second-order valence-electron chi connectivity index (χ2n) is 5.86. The molecule has 0 aliphatic carbocycles. The smallest absolute Gasteiger partial charge is 0.186 e. The highest BCUT2D eigenvalue weighted by molar-refractivity contribution is 7.22. The fraction of sp³-hybridized carbons (Fsp3) is 0.438. The molecule has 2 heterocycles. The van der Waals surface area contributed by atoms with Crippen LogP contribution < -0.4 is 33.6 Å². The number of methoxy groups -OCH3 is 1. The van der Waals surface area contributed by atoms with E-state index in [9.17, 15) is 0 Å². The average Bonchev–Trinajstić information content (AvgIpc) is 2.90. The number of rotatable bonds is 4. The Morgan fingerprint density at radius 3 is 2.77 bits per heavy atom. The number of likely N-dealkylation sites (N-methyl/N-ethyl adjacent to an activating group) is 1. The Bertz CT molecular complexity index is 650. The number of thiazole rings is 1. The van der Waals surface area contributed by atoms with Crippen LogP contribution in [-0.4, -0.2) is 56.3 Å². The third kappa shape index (κ3) is 3.55. The van der Waals surface area contributed by atoms with E-state index < -0.39 is 0 Å². The Hall–Kier alpha value is -0.860. The van der Waals surface area contributed by atoms with Crippen LogP contribution in [0.3, 0.4) is 0 Å². The highest BCUT2D eigenvalue weighted by Gasteiger charge is 2.28. The van der Waals surface area contributed by atoms with Gasteiger partial charge in [0, 0.05) is 0 Å².